The van der Waals surface area contributed by atoms with Crippen LogP contribution in [0.4, 0.5) is 11.4 Å². The molecular weight excluding hydrogens is 248 g/mol. The van der Waals surface area contributed by atoms with Crippen LogP contribution >= 0.6 is 0 Å². The fraction of sp³-hybridized carbons (Fsp3) is 0. The van der Waals surface area contributed by atoms with E-state index in [1.54, 1.807) is 6.07 Å². The van der Waals surface area contributed by atoms with E-state index in [0.717, 1.165) is 0 Å². The standard InChI is InChI=1S/C11H6N6O2/c12-4-9-11(5-13)16(6-15-9)7-1-2-10(17(18)19)8(14)3-7/h1-3,6H,14H2. The largest absolute Gasteiger partial charge is 0.393 e. The number of nitriles is 2. The van der Waals surface area contributed by atoms with Gasteiger partial charge in [0.2, 0.25) is 0 Å². The number of nitrogens with zero attached hydrogens (tertiary/aromatic N) is 5. The zero-order valence-corrected chi connectivity index (χ0v) is 9.44. The van der Waals surface area contributed by atoms with Crippen molar-refractivity contribution in [2.45, 2.75) is 0 Å². The monoisotopic (exact) mass is 254 g/mol. The first-order valence-corrected chi connectivity index (χ1v) is 5.00. The Morgan fingerprint density at radius 3 is 2.63 bits per heavy atom. The molecule has 2 aromatic rings. The number of anilines is 1. The van der Waals surface area contributed by atoms with Crippen LogP contribution in [0.3, 0.4) is 0 Å². The van der Waals surface area contributed by atoms with Crippen LogP contribution in [0.15, 0.2) is 24.5 Å². The number of hydrogen-bond acceptors (Lipinski definition) is 6. The smallest absolute Gasteiger partial charge is 0.292 e. The maximum Gasteiger partial charge on any atom is 0.292 e. The van der Waals surface area contributed by atoms with Gasteiger partial charge in [-0.1, -0.05) is 0 Å². The van der Waals surface area contributed by atoms with Crippen LogP contribution in [0.1, 0.15) is 11.4 Å². The third kappa shape index (κ3) is 1.94. The number of rotatable bonds is 2. The first kappa shape index (κ1) is 12.1. The summed E-state index contributed by atoms with van der Waals surface area (Å²) in [5, 5.41) is 28.4. The Hall–Kier alpha value is -3.39. The molecule has 0 aliphatic carbocycles. The predicted molar refractivity (Wildman–Crippen MR) is 64.1 cm³/mol. The van der Waals surface area contributed by atoms with Crippen LogP contribution < -0.4 is 5.73 Å². The highest BCUT2D eigenvalue weighted by Gasteiger charge is 2.15. The molecule has 0 unspecified atom stereocenters. The fourth-order valence-corrected chi connectivity index (χ4v) is 1.59. The van der Waals surface area contributed by atoms with E-state index >= 15 is 0 Å². The number of benzene rings is 1. The summed E-state index contributed by atoms with van der Waals surface area (Å²) in [6, 6.07) is 7.65. The quantitative estimate of drug-likeness (QED) is 0.484. The molecule has 0 saturated heterocycles. The minimum absolute atomic E-state index is 0.0144. The van der Waals surface area contributed by atoms with Crippen molar-refractivity contribution in [1.29, 1.82) is 10.5 Å². The van der Waals surface area contributed by atoms with Crippen molar-refractivity contribution in [2.24, 2.45) is 0 Å². The zero-order valence-electron chi connectivity index (χ0n) is 9.44. The van der Waals surface area contributed by atoms with Gasteiger partial charge in [0.15, 0.2) is 11.4 Å². The third-order valence-electron chi connectivity index (χ3n) is 2.47. The van der Waals surface area contributed by atoms with Crippen molar-refractivity contribution in [3.05, 3.63) is 46.0 Å². The third-order valence-corrected chi connectivity index (χ3v) is 2.47. The second-order valence-electron chi connectivity index (χ2n) is 3.54. The van der Waals surface area contributed by atoms with Crippen LogP contribution in [0.2, 0.25) is 0 Å². The van der Waals surface area contributed by atoms with Crippen LogP contribution in [0.25, 0.3) is 5.69 Å². The number of nitrogen functional groups attached to an aromatic ring is 1. The molecule has 19 heavy (non-hydrogen) atoms. The van der Waals surface area contributed by atoms with E-state index in [-0.39, 0.29) is 22.8 Å². The molecule has 0 radical (unpaired) electrons. The molecule has 1 aromatic heterocycles. The molecule has 0 spiro atoms. The van der Waals surface area contributed by atoms with Gasteiger partial charge >= 0.3 is 0 Å². The SMILES string of the molecule is N#Cc1ncn(-c2ccc([N+](=O)[O-])c(N)c2)c1C#N. The number of imidazole rings is 1. The lowest BCUT2D eigenvalue weighted by molar-refractivity contribution is -0.383. The molecule has 0 fully saturated rings. The van der Waals surface area contributed by atoms with Crippen molar-refractivity contribution in [2.75, 3.05) is 5.73 Å². The molecule has 0 aliphatic rings. The lowest BCUT2D eigenvalue weighted by Gasteiger charge is -2.05. The number of aromatic nitrogens is 2. The molecule has 0 aliphatic heterocycles. The minimum atomic E-state index is -0.598. The summed E-state index contributed by atoms with van der Waals surface area (Å²) in [5.41, 5.74) is 5.78. The molecule has 2 N–H and O–H groups in total. The molecule has 1 heterocycles. The van der Waals surface area contributed by atoms with Crippen LogP contribution in [-0.2, 0) is 0 Å². The Bertz CT molecular complexity index is 750. The lowest BCUT2D eigenvalue weighted by atomic mass is 10.2. The molecule has 8 nitrogen and oxygen atoms in total. The van der Waals surface area contributed by atoms with Gasteiger partial charge in [0.1, 0.15) is 24.2 Å². The van der Waals surface area contributed by atoms with Gasteiger partial charge in [-0.25, -0.2) is 4.98 Å². The summed E-state index contributed by atoms with van der Waals surface area (Å²) in [7, 11) is 0. The van der Waals surface area contributed by atoms with Gasteiger partial charge < -0.3 is 5.73 Å². The van der Waals surface area contributed by atoms with E-state index in [0.29, 0.717) is 5.69 Å². The molecule has 8 heteroatoms. The van der Waals surface area contributed by atoms with Gasteiger partial charge in [-0.05, 0) is 12.1 Å². The van der Waals surface area contributed by atoms with Gasteiger partial charge in [0, 0.05) is 6.07 Å². The topological polar surface area (TPSA) is 135 Å². The van der Waals surface area contributed by atoms with Crippen molar-refractivity contribution in [3.8, 4) is 17.8 Å². The van der Waals surface area contributed by atoms with E-state index in [4.69, 9.17) is 16.3 Å². The average Bonchev–Trinajstić information content (AvgIpc) is 2.80. The Morgan fingerprint density at radius 2 is 2.11 bits per heavy atom. The van der Waals surface area contributed by atoms with E-state index in [1.165, 1.54) is 29.1 Å². The minimum Gasteiger partial charge on any atom is -0.393 e. The molecule has 0 atom stereocenters. The molecule has 1 aromatic carbocycles. The maximum atomic E-state index is 10.7. The predicted octanol–water partition coefficient (Wildman–Crippen LogP) is 1.11. The van der Waals surface area contributed by atoms with Gasteiger partial charge in [-0.2, -0.15) is 10.5 Å². The van der Waals surface area contributed by atoms with Crippen molar-refractivity contribution >= 4 is 11.4 Å². The molecule has 0 bridgehead atoms. The lowest BCUT2D eigenvalue weighted by Crippen LogP contribution is -2.00. The van der Waals surface area contributed by atoms with E-state index < -0.39 is 4.92 Å². The maximum absolute atomic E-state index is 10.7. The van der Waals surface area contributed by atoms with Gasteiger partial charge in [0.05, 0.1) is 10.6 Å². The summed E-state index contributed by atoms with van der Waals surface area (Å²) in [4.78, 5) is 13.8. The van der Waals surface area contributed by atoms with E-state index in [1.807, 2.05) is 6.07 Å². The highest BCUT2D eigenvalue weighted by atomic mass is 16.6. The Labute approximate surface area is 107 Å². The van der Waals surface area contributed by atoms with Crippen molar-refractivity contribution in [1.82, 2.24) is 9.55 Å². The van der Waals surface area contributed by atoms with Crippen LogP contribution in [-0.4, -0.2) is 14.5 Å². The van der Waals surface area contributed by atoms with Gasteiger partial charge in [-0.15, -0.1) is 0 Å². The molecular formula is C11H6N6O2. The molecule has 0 amide bonds. The Morgan fingerprint density at radius 1 is 1.37 bits per heavy atom. The number of hydrogen-bond donors (Lipinski definition) is 1. The van der Waals surface area contributed by atoms with Gasteiger partial charge in [-0.3, -0.25) is 14.7 Å². The summed E-state index contributed by atoms with van der Waals surface area (Å²) in [5.74, 6) is 0. The summed E-state index contributed by atoms with van der Waals surface area (Å²) >= 11 is 0. The highest BCUT2D eigenvalue weighted by Crippen LogP contribution is 2.25. The molecule has 92 valence electrons. The molecule has 2 rings (SSSR count). The van der Waals surface area contributed by atoms with Crippen LogP contribution in [0.5, 0.6) is 0 Å². The van der Waals surface area contributed by atoms with Crippen molar-refractivity contribution in [3.63, 3.8) is 0 Å². The number of nitro benzene ring substituents is 1. The van der Waals surface area contributed by atoms with Crippen molar-refractivity contribution < 1.29 is 4.92 Å². The summed E-state index contributed by atoms with van der Waals surface area (Å²) in [6.07, 6.45) is 1.29. The average molecular weight is 254 g/mol. The van der Waals surface area contributed by atoms with Gasteiger partial charge in [0.25, 0.3) is 5.69 Å². The fourth-order valence-electron chi connectivity index (χ4n) is 1.59. The van der Waals surface area contributed by atoms with E-state index in [2.05, 4.69) is 4.98 Å². The number of nitro groups is 1. The summed E-state index contributed by atoms with van der Waals surface area (Å²) in [6.45, 7) is 0. The highest BCUT2D eigenvalue weighted by molar-refractivity contribution is 5.63. The zero-order chi connectivity index (χ0) is 14.0. The first-order valence-electron chi connectivity index (χ1n) is 5.00. The summed E-state index contributed by atoms with van der Waals surface area (Å²) < 4.78 is 1.35. The second kappa shape index (κ2) is 4.47. The van der Waals surface area contributed by atoms with Crippen LogP contribution in [0, 0.1) is 32.8 Å². The number of nitrogens with two attached hydrogens (primary N) is 1. The van der Waals surface area contributed by atoms with E-state index in [9.17, 15) is 10.1 Å². The molecule has 0 saturated carbocycles. The Balaban J connectivity index is 2.59. The Kier molecular flexibility index (Phi) is 2.84. The second-order valence-corrected chi connectivity index (χ2v) is 3.54. The normalized spacial score (nSPS) is 9.58. The first-order chi connectivity index (χ1) is 9.08.